The monoisotopic (exact) mass is 312 g/mol. The van der Waals surface area contributed by atoms with Gasteiger partial charge in [0.1, 0.15) is 0 Å². The lowest BCUT2D eigenvalue weighted by molar-refractivity contribution is 0.144. The van der Waals surface area contributed by atoms with Crippen LogP contribution < -0.4 is 10.6 Å². The summed E-state index contributed by atoms with van der Waals surface area (Å²) in [5.74, 6) is 1.80. The molecule has 0 aromatic carbocycles. The SMILES string of the molecule is CCNC(=NCCCCOCC)NCCN1CCCC(C)C1. The zero-order valence-corrected chi connectivity index (χ0v) is 14.9. The summed E-state index contributed by atoms with van der Waals surface area (Å²) >= 11 is 0. The third-order valence-corrected chi connectivity index (χ3v) is 3.98. The van der Waals surface area contributed by atoms with Crippen molar-refractivity contribution in [2.75, 3.05) is 52.5 Å². The van der Waals surface area contributed by atoms with Gasteiger partial charge in [0.2, 0.25) is 0 Å². The van der Waals surface area contributed by atoms with E-state index in [9.17, 15) is 0 Å². The van der Waals surface area contributed by atoms with Gasteiger partial charge in [-0.25, -0.2) is 0 Å². The normalized spacial score (nSPS) is 20.1. The average Bonchev–Trinajstić information content (AvgIpc) is 2.51. The Morgan fingerprint density at radius 3 is 2.86 bits per heavy atom. The molecular formula is C17H36N4O. The lowest BCUT2D eigenvalue weighted by atomic mass is 10.0. The summed E-state index contributed by atoms with van der Waals surface area (Å²) in [6.07, 6.45) is 4.90. The number of piperidine rings is 1. The van der Waals surface area contributed by atoms with E-state index in [0.717, 1.165) is 64.1 Å². The van der Waals surface area contributed by atoms with Crippen LogP contribution in [0.4, 0.5) is 0 Å². The van der Waals surface area contributed by atoms with E-state index >= 15 is 0 Å². The van der Waals surface area contributed by atoms with E-state index in [0.29, 0.717) is 0 Å². The van der Waals surface area contributed by atoms with Crippen molar-refractivity contribution in [3.63, 3.8) is 0 Å². The number of hydrogen-bond donors (Lipinski definition) is 2. The Hall–Kier alpha value is -0.810. The summed E-state index contributed by atoms with van der Waals surface area (Å²) in [7, 11) is 0. The fourth-order valence-electron chi connectivity index (χ4n) is 2.82. The minimum Gasteiger partial charge on any atom is -0.382 e. The molecule has 1 unspecified atom stereocenters. The topological polar surface area (TPSA) is 48.9 Å². The molecule has 1 fully saturated rings. The lowest BCUT2D eigenvalue weighted by Crippen LogP contribution is -2.43. The molecule has 130 valence electrons. The summed E-state index contributed by atoms with van der Waals surface area (Å²) < 4.78 is 5.34. The van der Waals surface area contributed by atoms with Crippen molar-refractivity contribution in [2.45, 2.75) is 46.5 Å². The second-order valence-corrected chi connectivity index (χ2v) is 6.14. The van der Waals surface area contributed by atoms with Gasteiger partial charge in [-0.15, -0.1) is 0 Å². The summed E-state index contributed by atoms with van der Waals surface area (Å²) in [6, 6.07) is 0. The van der Waals surface area contributed by atoms with Gasteiger partial charge < -0.3 is 20.3 Å². The Balaban J connectivity index is 2.16. The van der Waals surface area contributed by atoms with Crippen LogP contribution in [-0.2, 0) is 4.74 Å². The van der Waals surface area contributed by atoms with Crippen molar-refractivity contribution in [1.82, 2.24) is 15.5 Å². The van der Waals surface area contributed by atoms with Crippen LogP contribution in [-0.4, -0.2) is 63.3 Å². The first-order valence-electron chi connectivity index (χ1n) is 9.08. The van der Waals surface area contributed by atoms with E-state index in [-0.39, 0.29) is 0 Å². The number of guanidine groups is 1. The number of rotatable bonds is 10. The third-order valence-electron chi connectivity index (χ3n) is 3.98. The molecule has 1 rings (SSSR count). The molecule has 2 N–H and O–H groups in total. The average molecular weight is 313 g/mol. The Bertz CT molecular complexity index is 296. The maximum Gasteiger partial charge on any atom is 0.191 e. The van der Waals surface area contributed by atoms with Crippen molar-refractivity contribution >= 4 is 5.96 Å². The van der Waals surface area contributed by atoms with Crippen LogP contribution in [0.1, 0.15) is 46.5 Å². The van der Waals surface area contributed by atoms with Crippen molar-refractivity contribution < 1.29 is 4.74 Å². The Morgan fingerprint density at radius 2 is 2.14 bits per heavy atom. The number of nitrogens with zero attached hydrogens (tertiary/aromatic N) is 2. The highest BCUT2D eigenvalue weighted by Gasteiger charge is 2.15. The van der Waals surface area contributed by atoms with Gasteiger partial charge in [-0.2, -0.15) is 0 Å². The van der Waals surface area contributed by atoms with Gasteiger partial charge in [-0.05, 0) is 52.0 Å². The molecule has 1 saturated heterocycles. The molecule has 5 nitrogen and oxygen atoms in total. The molecular weight excluding hydrogens is 276 g/mol. The summed E-state index contributed by atoms with van der Waals surface area (Å²) in [6.45, 7) is 14.5. The number of aliphatic imine (C=N–C) groups is 1. The molecule has 0 aliphatic carbocycles. The van der Waals surface area contributed by atoms with Gasteiger partial charge in [0, 0.05) is 45.9 Å². The van der Waals surface area contributed by atoms with E-state index in [1.807, 2.05) is 6.92 Å². The molecule has 1 atom stereocenters. The first-order valence-corrected chi connectivity index (χ1v) is 9.08. The van der Waals surface area contributed by atoms with E-state index < -0.39 is 0 Å². The first-order chi connectivity index (χ1) is 10.8. The van der Waals surface area contributed by atoms with Gasteiger partial charge in [0.15, 0.2) is 5.96 Å². The maximum atomic E-state index is 5.34. The van der Waals surface area contributed by atoms with Crippen LogP contribution in [0.25, 0.3) is 0 Å². The van der Waals surface area contributed by atoms with E-state index in [2.05, 4.69) is 34.4 Å². The van der Waals surface area contributed by atoms with Crippen molar-refractivity contribution in [3.8, 4) is 0 Å². The van der Waals surface area contributed by atoms with Crippen LogP contribution in [0, 0.1) is 5.92 Å². The first kappa shape index (κ1) is 19.2. The fraction of sp³-hybridized carbons (Fsp3) is 0.941. The molecule has 0 saturated carbocycles. The highest BCUT2D eigenvalue weighted by atomic mass is 16.5. The molecule has 0 bridgehead atoms. The van der Waals surface area contributed by atoms with Gasteiger partial charge >= 0.3 is 0 Å². The number of hydrogen-bond acceptors (Lipinski definition) is 3. The predicted octanol–water partition coefficient (Wildman–Crippen LogP) is 2.09. The van der Waals surface area contributed by atoms with Gasteiger partial charge in [0.05, 0.1) is 0 Å². The molecule has 1 heterocycles. The predicted molar refractivity (Wildman–Crippen MR) is 94.5 cm³/mol. The number of unbranched alkanes of at least 4 members (excludes halogenated alkanes) is 1. The molecule has 22 heavy (non-hydrogen) atoms. The van der Waals surface area contributed by atoms with Crippen LogP contribution in [0.3, 0.4) is 0 Å². The van der Waals surface area contributed by atoms with Gasteiger partial charge in [-0.3, -0.25) is 4.99 Å². The zero-order valence-electron chi connectivity index (χ0n) is 14.9. The maximum absolute atomic E-state index is 5.34. The molecule has 5 heteroatoms. The molecule has 0 amide bonds. The van der Waals surface area contributed by atoms with E-state index in [1.54, 1.807) is 0 Å². The summed E-state index contributed by atoms with van der Waals surface area (Å²) in [5.41, 5.74) is 0. The minimum absolute atomic E-state index is 0.808. The van der Waals surface area contributed by atoms with Crippen molar-refractivity contribution in [2.24, 2.45) is 10.9 Å². The van der Waals surface area contributed by atoms with Crippen LogP contribution in [0.15, 0.2) is 4.99 Å². The minimum atomic E-state index is 0.808. The molecule has 0 aromatic heterocycles. The summed E-state index contributed by atoms with van der Waals surface area (Å²) in [5, 5.41) is 6.77. The summed E-state index contributed by atoms with van der Waals surface area (Å²) in [4.78, 5) is 7.19. The molecule has 1 aliphatic rings. The molecule has 0 aromatic rings. The number of nitrogens with one attached hydrogen (secondary N) is 2. The van der Waals surface area contributed by atoms with E-state index in [4.69, 9.17) is 4.74 Å². The standard InChI is InChI=1S/C17H36N4O/c1-4-18-17(19-10-6-7-14-22-5-2)20-11-13-21-12-8-9-16(3)15-21/h16H,4-15H2,1-3H3,(H2,18,19,20). The highest BCUT2D eigenvalue weighted by molar-refractivity contribution is 5.79. The Morgan fingerprint density at radius 1 is 1.27 bits per heavy atom. The van der Waals surface area contributed by atoms with Gasteiger partial charge in [0.25, 0.3) is 0 Å². The molecule has 0 radical (unpaired) electrons. The second-order valence-electron chi connectivity index (χ2n) is 6.14. The quantitative estimate of drug-likeness (QED) is 0.368. The highest BCUT2D eigenvalue weighted by Crippen LogP contribution is 2.14. The van der Waals surface area contributed by atoms with Gasteiger partial charge in [-0.1, -0.05) is 6.92 Å². The largest absolute Gasteiger partial charge is 0.382 e. The fourth-order valence-corrected chi connectivity index (χ4v) is 2.82. The Kier molecular flexibility index (Phi) is 11.1. The van der Waals surface area contributed by atoms with E-state index in [1.165, 1.54) is 25.9 Å². The van der Waals surface area contributed by atoms with Crippen LogP contribution in [0.5, 0.6) is 0 Å². The third kappa shape index (κ3) is 9.26. The lowest BCUT2D eigenvalue weighted by Gasteiger charge is -2.30. The smallest absolute Gasteiger partial charge is 0.191 e. The number of ether oxygens (including phenoxy) is 1. The Labute approximate surface area is 136 Å². The van der Waals surface area contributed by atoms with Crippen LogP contribution >= 0.6 is 0 Å². The zero-order chi connectivity index (χ0) is 16.0. The van der Waals surface area contributed by atoms with Crippen molar-refractivity contribution in [1.29, 1.82) is 0 Å². The second kappa shape index (κ2) is 12.7. The molecule has 0 spiro atoms. The van der Waals surface area contributed by atoms with Crippen molar-refractivity contribution in [3.05, 3.63) is 0 Å². The molecule has 1 aliphatic heterocycles. The van der Waals surface area contributed by atoms with Crippen LogP contribution in [0.2, 0.25) is 0 Å². The number of likely N-dealkylation sites (tertiary alicyclic amines) is 1.